The topological polar surface area (TPSA) is 57.7 Å². The third-order valence-corrected chi connectivity index (χ3v) is 4.42. The summed E-state index contributed by atoms with van der Waals surface area (Å²) in [5, 5.41) is 3.67. The highest BCUT2D eigenvalue weighted by Gasteiger charge is 2.24. The minimum Gasteiger partial charge on any atom is -0.379 e. The number of morpholine rings is 1. The van der Waals surface area contributed by atoms with Gasteiger partial charge in [0.05, 0.1) is 24.9 Å². The van der Waals surface area contributed by atoms with E-state index in [2.05, 4.69) is 15.2 Å². The Balaban J connectivity index is 1.97. The van der Waals surface area contributed by atoms with E-state index in [0.29, 0.717) is 13.2 Å². The van der Waals surface area contributed by atoms with Gasteiger partial charge >= 0.3 is 0 Å². The van der Waals surface area contributed by atoms with E-state index >= 15 is 0 Å². The van der Waals surface area contributed by atoms with Crippen LogP contribution in [0.25, 0.3) is 0 Å². The van der Waals surface area contributed by atoms with Crippen LogP contribution in [-0.2, 0) is 9.53 Å². The number of hydrogen-bond acceptors (Lipinski definition) is 6. The Kier molecular flexibility index (Phi) is 7.11. The smallest absolute Gasteiger partial charge is 0.235 e. The summed E-state index contributed by atoms with van der Waals surface area (Å²) in [5.74, 6) is 0.0517. The summed E-state index contributed by atoms with van der Waals surface area (Å²) in [6.07, 6.45) is 1.76. The zero-order chi connectivity index (χ0) is 15.8. The van der Waals surface area contributed by atoms with Crippen molar-refractivity contribution in [3.05, 3.63) is 24.4 Å². The first-order valence-corrected chi connectivity index (χ1v) is 8.33. The van der Waals surface area contributed by atoms with Gasteiger partial charge in [0.25, 0.3) is 0 Å². The molecular weight excluding hydrogens is 300 g/mol. The predicted octanol–water partition coefficient (Wildman–Crippen LogP) is 0.510. The van der Waals surface area contributed by atoms with Crippen LogP contribution < -0.4 is 5.32 Å². The number of carbonyl (C=O) groups is 1. The van der Waals surface area contributed by atoms with E-state index in [1.54, 1.807) is 6.20 Å². The molecule has 1 fully saturated rings. The monoisotopic (exact) mass is 324 g/mol. The Morgan fingerprint density at radius 1 is 1.45 bits per heavy atom. The van der Waals surface area contributed by atoms with Crippen molar-refractivity contribution in [2.45, 2.75) is 10.3 Å². The molecule has 1 amide bonds. The van der Waals surface area contributed by atoms with E-state index in [9.17, 15) is 4.79 Å². The maximum atomic E-state index is 12.5. The molecule has 2 rings (SSSR count). The number of pyridine rings is 1. The van der Waals surface area contributed by atoms with Crippen LogP contribution in [0.15, 0.2) is 29.4 Å². The van der Waals surface area contributed by atoms with Crippen LogP contribution in [0.2, 0.25) is 0 Å². The van der Waals surface area contributed by atoms with Gasteiger partial charge in [0.1, 0.15) is 5.25 Å². The summed E-state index contributed by atoms with van der Waals surface area (Å²) in [6, 6.07) is 5.77. The van der Waals surface area contributed by atoms with Crippen LogP contribution in [0.3, 0.4) is 0 Å². The van der Waals surface area contributed by atoms with Crippen LogP contribution in [0, 0.1) is 0 Å². The average Bonchev–Trinajstić information content (AvgIpc) is 2.54. The van der Waals surface area contributed by atoms with Crippen molar-refractivity contribution >= 4 is 17.7 Å². The van der Waals surface area contributed by atoms with Gasteiger partial charge < -0.3 is 10.1 Å². The number of rotatable bonds is 7. The Labute approximate surface area is 136 Å². The van der Waals surface area contributed by atoms with Crippen molar-refractivity contribution < 1.29 is 9.53 Å². The summed E-state index contributed by atoms with van der Waals surface area (Å²) < 4.78 is 5.37. The zero-order valence-electron chi connectivity index (χ0n) is 13.2. The third kappa shape index (κ3) is 5.92. The zero-order valence-corrected chi connectivity index (χ0v) is 14.0. The normalized spacial score (nSPS) is 17.4. The average molecular weight is 324 g/mol. The van der Waals surface area contributed by atoms with Crippen LogP contribution in [-0.4, -0.2) is 79.6 Å². The number of amides is 1. The lowest BCUT2D eigenvalue weighted by atomic mass is 10.3. The fourth-order valence-corrected chi connectivity index (χ4v) is 3.15. The minimum absolute atomic E-state index is 0.0517. The van der Waals surface area contributed by atoms with Gasteiger partial charge in [0, 0.05) is 25.8 Å². The molecule has 0 aliphatic carbocycles. The molecule has 0 radical (unpaired) electrons. The van der Waals surface area contributed by atoms with Crippen LogP contribution >= 0.6 is 11.8 Å². The summed E-state index contributed by atoms with van der Waals surface area (Å²) in [7, 11) is 3.87. The standard InChI is InChI=1S/C15H24N4O2S/c1-18(2)12-17-15(20)13(11-19-7-9-21-10-8-19)22-14-5-3-4-6-16-14/h3-6,13H,7-12H2,1-2H3,(H,17,20). The number of nitrogens with one attached hydrogen (secondary N) is 1. The number of ether oxygens (including phenoxy) is 1. The number of aromatic nitrogens is 1. The third-order valence-electron chi connectivity index (χ3n) is 3.29. The maximum Gasteiger partial charge on any atom is 0.235 e. The molecule has 1 aromatic heterocycles. The molecule has 1 atom stereocenters. The predicted molar refractivity (Wildman–Crippen MR) is 87.8 cm³/mol. The molecule has 1 aliphatic rings. The minimum atomic E-state index is -0.173. The summed E-state index contributed by atoms with van der Waals surface area (Å²) >= 11 is 1.52. The van der Waals surface area contributed by atoms with Crippen molar-refractivity contribution in [2.24, 2.45) is 0 Å². The summed E-state index contributed by atoms with van der Waals surface area (Å²) in [5.41, 5.74) is 0. The van der Waals surface area contributed by atoms with Gasteiger partial charge in [-0.05, 0) is 26.2 Å². The molecular formula is C15H24N4O2S. The first kappa shape index (κ1) is 17.2. The van der Waals surface area contributed by atoms with Crippen molar-refractivity contribution in [3.8, 4) is 0 Å². The molecule has 122 valence electrons. The summed E-state index contributed by atoms with van der Waals surface area (Å²) in [6.45, 7) is 4.48. The number of carbonyl (C=O) groups excluding carboxylic acids is 1. The highest BCUT2D eigenvalue weighted by atomic mass is 32.2. The van der Waals surface area contributed by atoms with E-state index in [1.807, 2.05) is 37.2 Å². The molecule has 22 heavy (non-hydrogen) atoms. The molecule has 1 unspecified atom stereocenters. The van der Waals surface area contributed by atoms with Gasteiger partial charge in [-0.1, -0.05) is 17.8 Å². The molecule has 1 aromatic rings. The molecule has 1 saturated heterocycles. The van der Waals surface area contributed by atoms with E-state index < -0.39 is 0 Å². The van der Waals surface area contributed by atoms with E-state index in [4.69, 9.17) is 4.74 Å². The van der Waals surface area contributed by atoms with Gasteiger partial charge in [-0.15, -0.1) is 0 Å². The molecule has 0 bridgehead atoms. The highest BCUT2D eigenvalue weighted by Crippen LogP contribution is 2.22. The SMILES string of the molecule is CN(C)CNC(=O)C(CN1CCOCC1)Sc1ccccn1. The Morgan fingerprint density at radius 2 is 2.23 bits per heavy atom. The van der Waals surface area contributed by atoms with E-state index in [-0.39, 0.29) is 11.2 Å². The highest BCUT2D eigenvalue weighted by molar-refractivity contribution is 8.00. The lowest BCUT2D eigenvalue weighted by Crippen LogP contribution is -2.46. The Morgan fingerprint density at radius 3 is 2.86 bits per heavy atom. The number of thioether (sulfide) groups is 1. The Bertz CT molecular complexity index is 452. The molecule has 6 nitrogen and oxygen atoms in total. The van der Waals surface area contributed by atoms with Gasteiger partial charge in [0.2, 0.25) is 5.91 Å². The fourth-order valence-electron chi connectivity index (χ4n) is 2.10. The van der Waals surface area contributed by atoms with Gasteiger partial charge in [-0.3, -0.25) is 14.6 Å². The lowest BCUT2D eigenvalue weighted by Gasteiger charge is -2.29. The molecule has 0 saturated carbocycles. The lowest BCUT2D eigenvalue weighted by molar-refractivity contribution is -0.121. The maximum absolute atomic E-state index is 12.5. The van der Waals surface area contributed by atoms with Gasteiger partial charge in [-0.2, -0.15) is 0 Å². The summed E-state index contributed by atoms with van der Waals surface area (Å²) in [4.78, 5) is 21.0. The first-order valence-electron chi connectivity index (χ1n) is 7.45. The fraction of sp³-hybridized carbons (Fsp3) is 0.600. The second-order valence-electron chi connectivity index (χ2n) is 5.47. The molecule has 1 N–H and O–H groups in total. The first-order chi connectivity index (χ1) is 10.6. The quantitative estimate of drug-likeness (QED) is 0.583. The molecule has 1 aliphatic heterocycles. The van der Waals surface area contributed by atoms with Crippen molar-refractivity contribution in [3.63, 3.8) is 0 Å². The molecule has 0 spiro atoms. The van der Waals surface area contributed by atoms with E-state index in [0.717, 1.165) is 31.3 Å². The molecule has 2 heterocycles. The van der Waals surface area contributed by atoms with Crippen LogP contribution in [0.5, 0.6) is 0 Å². The number of nitrogens with zero attached hydrogens (tertiary/aromatic N) is 3. The van der Waals surface area contributed by atoms with Gasteiger partial charge in [0.15, 0.2) is 0 Å². The van der Waals surface area contributed by atoms with Crippen molar-refractivity contribution in [1.29, 1.82) is 0 Å². The largest absolute Gasteiger partial charge is 0.379 e. The Hall–Kier alpha value is -1.15. The molecule has 0 aromatic carbocycles. The number of hydrogen-bond donors (Lipinski definition) is 1. The second kappa shape index (κ2) is 9.09. The van der Waals surface area contributed by atoms with E-state index in [1.165, 1.54) is 11.8 Å². The second-order valence-corrected chi connectivity index (χ2v) is 6.69. The van der Waals surface area contributed by atoms with Crippen LogP contribution in [0.1, 0.15) is 0 Å². The van der Waals surface area contributed by atoms with Crippen molar-refractivity contribution in [2.75, 3.05) is 53.6 Å². The molecule has 7 heteroatoms. The van der Waals surface area contributed by atoms with Crippen molar-refractivity contribution in [1.82, 2.24) is 20.1 Å². The van der Waals surface area contributed by atoms with Gasteiger partial charge in [-0.25, -0.2) is 4.98 Å². The van der Waals surface area contributed by atoms with Crippen LogP contribution in [0.4, 0.5) is 0 Å².